The number of nitrogens with one attached hydrogen (secondary N) is 1. The zero-order chi connectivity index (χ0) is 11.4. The van der Waals surface area contributed by atoms with Crippen LogP contribution in [0, 0.1) is 0 Å². The van der Waals surface area contributed by atoms with Crippen LogP contribution >= 0.6 is 0 Å². The molecule has 1 fully saturated rings. The lowest BCUT2D eigenvalue weighted by Gasteiger charge is -2.23. The molecule has 0 spiro atoms. The molecule has 5 nitrogen and oxygen atoms in total. The van der Waals surface area contributed by atoms with Crippen molar-refractivity contribution in [3.63, 3.8) is 0 Å². The quantitative estimate of drug-likeness (QED) is 0.832. The van der Waals surface area contributed by atoms with E-state index >= 15 is 0 Å². The van der Waals surface area contributed by atoms with Crippen LogP contribution in [-0.2, 0) is 11.2 Å². The molecule has 5 heteroatoms. The number of hydrogen-bond donors (Lipinski definition) is 1. The lowest BCUT2D eigenvalue weighted by Crippen LogP contribution is -2.45. The van der Waals surface area contributed by atoms with Crippen LogP contribution in [0.4, 0.5) is 4.79 Å². The summed E-state index contributed by atoms with van der Waals surface area (Å²) in [7, 11) is 0. The first-order valence-electron chi connectivity index (χ1n) is 5.30. The Balaban J connectivity index is 1.90. The van der Waals surface area contributed by atoms with Crippen molar-refractivity contribution in [2.45, 2.75) is 19.4 Å². The molecule has 1 aliphatic heterocycles. The zero-order valence-electron chi connectivity index (χ0n) is 9.10. The molecular formula is C11H14N2O3. The topological polar surface area (TPSA) is 60.5 Å². The molecular weight excluding hydrogens is 208 g/mol. The highest BCUT2D eigenvalue weighted by Crippen LogP contribution is 2.11. The summed E-state index contributed by atoms with van der Waals surface area (Å²) in [5.41, 5.74) is 1.17. The van der Waals surface area contributed by atoms with Crippen LogP contribution < -0.4 is 10.1 Å². The minimum absolute atomic E-state index is 0.169. The molecule has 1 atom stereocenters. The highest BCUT2D eigenvalue weighted by molar-refractivity contribution is 5.67. The van der Waals surface area contributed by atoms with Crippen molar-refractivity contribution in [3.05, 3.63) is 23.9 Å². The van der Waals surface area contributed by atoms with E-state index in [2.05, 4.69) is 17.2 Å². The highest BCUT2D eigenvalue weighted by atomic mass is 16.6. The highest BCUT2D eigenvalue weighted by Gasteiger charge is 2.20. The van der Waals surface area contributed by atoms with Crippen molar-refractivity contribution in [1.29, 1.82) is 0 Å². The minimum atomic E-state index is -0.394. The van der Waals surface area contributed by atoms with Gasteiger partial charge in [-0.1, -0.05) is 13.0 Å². The summed E-state index contributed by atoms with van der Waals surface area (Å²) >= 11 is 0. The number of ether oxygens (including phenoxy) is 2. The van der Waals surface area contributed by atoms with Gasteiger partial charge in [0.25, 0.3) is 0 Å². The molecule has 1 aliphatic rings. The summed E-state index contributed by atoms with van der Waals surface area (Å²) < 4.78 is 10.4. The molecule has 2 heterocycles. The largest absolute Gasteiger partial charge is 0.469 e. The standard InChI is InChI=1S/C11H14N2O3/c1-2-8-3-4-10(12-5-8)16-9-6-13-11(14)15-7-9/h3-5,9H,2,6-7H2,1H3,(H,13,14). The second kappa shape index (κ2) is 4.83. The van der Waals surface area contributed by atoms with Crippen LogP contribution in [0.2, 0.25) is 0 Å². The molecule has 1 unspecified atom stereocenters. The van der Waals surface area contributed by atoms with E-state index in [0.717, 1.165) is 6.42 Å². The first kappa shape index (κ1) is 10.7. The zero-order valence-corrected chi connectivity index (χ0v) is 9.10. The summed E-state index contributed by atoms with van der Waals surface area (Å²) in [6.45, 7) is 2.79. The van der Waals surface area contributed by atoms with E-state index in [-0.39, 0.29) is 12.7 Å². The fourth-order valence-corrected chi connectivity index (χ4v) is 1.41. The fraction of sp³-hybridized carbons (Fsp3) is 0.455. The summed E-state index contributed by atoms with van der Waals surface area (Å²) in [6, 6.07) is 3.81. The number of alkyl carbamates (subject to hydrolysis) is 1. The van der Waals surface area contributed by atoms with Gasteiger partial charge in [-0.2, -0.15) is 0 Å². The molecule has 2 rings (SSSR count). The van der Waals surface area contributed by atoms with Gasteiger partial charge in [0.05, 0.1) is 6.54 Å². The van der Waals surface area contributed by atoms with Crippen LogP contribution in [0.1, 0.15) is 12.5 Å². The Morgan fingerprint density at radius 1 is 1.62 bits per heavy atom. The molecule has 1 aromatic heterocycles. The number of carbonyl (C=O) groups excluding carboxylic acids is 1. The number of amides is 1. The van der Waals surface area contributed by atoms with E-state index in [1.807, 2.05) is 12.1 Å². The smallest absolute Gasteiger partial charge is 0.407 e. The monoisotopic (exact) mass is 222 g/mol. The van der Waals surface area contributed by atoms with Crippen molar-refractivity contribution in [1.82, 2.24) is 10.3 Å². The SMILES string of the molecule is CCc1ccc(OC2CNC(=O)OC2)nc1. The molecule has 1 aromatic rings. The van der Waals surface area contributed by atoms with E-state index in [1.54, 1.807) is 6.20 Å². The Kier molecular flexibility index (Phi) is 3.24. The van der Waals surface area contributed by atoms with Crippen LogP contribution in [0.25, 0.3) is 0 Å². The molecule has 16 heavy (non-hydrogen) atoms. The van der Waals surface area contributed by atoms with Gasteiger partial charge in [0.2, 0.25) is 5.88 Å². The average Bonchev–Trinajstić information content (AvgIpc) is 2.33. The Labute approximate surface area is 93.8 Å². The Hall–Kier alpha value is -1.78. The molecule has 1 saturated heterocycles. The second-order valence-electron chi connectivity index (χ2n) is 3.58. The van der Waals surface area contributed by atoms with E-state index < -0.39 is 6.09 Å². The van der Waals surface area contributed by atoms with Crippen molar-refractivity contribution >= 4 is 6.09 Å². The van der Waals surface area contributed by atoms with E-state index in [0.29, 0.717) is 12.4 Å². The third kappa shape index (κ3) is 2.62. The lowest BCUT2D eigenvalue weighted by atomic mass is 10.2. The van der Waals surface area contributed by atoms with Gasteiger partial charge in [0.15, 0.2) is 6.10 Å². The Morgan fingerprint density at radius 2 is 2.50 bits per heavy atom. The van der Waals surface area contributed by atoms with Crippen LogP contribution in [0.3, 0.4) is 0 Å². The van der Waals surface area contributed by atoms with Gasteiger partial charge in [0.1, 0.15) is 6.61 Å². The molecule has 0 bridgehead atoms. The maximum Gasteiger partial charge on any atom is 0.407 e. The van der Waals surface area contributed by atoms with Gasteiger partial charge in [-0.25, -0.2) is 9.78 Å². The van der Waals surface area contributed by atoms with E-state index in [9.17, 15) is 4.79 Å². The van der Waals surface area contributed by atoms with E-state index in [4.69, 9.17) is 9.47 Å². The summed E-state index contributed by atoms with van der Waals surface area (Å²) in [4.78, 5) is 14.9. The maximum atomic E-state index is 10.7. The third-order valence-corrected chi connectivity index (χ3v) is 2.37. The van der Waals surface area contributed by atoms with Crippen molar-refractivity contribution in [2.75, 3.05) is 13.2 Å². The first-order chi connectivity index (χ1) is 7.78. The third-order valence-electron chi connectivity index (χ3n) is 2.37. The number of aromatic nitrogens is 1. The van der Waals surface area contributed by atoms with Crippen molar-refractivity contribution < 1.29 is 14.3 Å². The molecule has 1 amide bonds. The minimum Gasteiger partial charge on any atom is -0.469 e. The predicted molar refractivity (Wildman–Crippen MR) is 57.4 cm³/mol. The van der Waals surface area contributed by atoms with Crippen LogP contribution in [-0.4, -0.2) is 30.3 Å². The molecule has 1 N–H and O–H groups in total. The van der Waals surface area contributed by atoms with Crippen LogP contribution in [0.5, 0.6) is 5.88 Å². The maximum absolute atomic E-state index is 10.7. The summed E-state index contributed by atoms with van der Waals surface area (Å²) in [6.07, 6.45) is 2.18. The van der Waals surface area contributed by atoms with Gasteiger partial charge in [-0.15, -0.1) is 0 Å². The second-order valence-corrected chi connectivity index (χ2v) is 3.58. The lowest BCUT2D eigenvalue weighted by molar-refractivity contribution is 0.0540. The Bertz CT molecular complexity index is 354. The molecule has 86 valence electrons. The number of rotatable bonds is 3. The van der Waals surface area contributed by atoms with Gasteiger partial charge >= 0.3 is 6.09 Å². The number of pyridine rings is 1. The average molecular weight is 222 g/mol. The molecule has 0 saturated carbocycles. The molecule has 0 aliphatic carbocycles. The summed E-state index contributed by atoms with van der Waals surface area (Å²) in [5, 5.41) is 2.56. The van der Waals surface area contributed by atoms with Crippen molar-refractivity contribution in [3.8, 4) is 5.88 Å². The molecule has 0 aromatic carbocycles. The number of carbonyl (C=O) groups is 1. The van der Waals surface area contributed by atoms with Gasteiger partial charge in [-0.05, 0) is 12.0 Å². The molecule has 0 radical (unpaired) electrons. The number of nitrogens with zero attached hydrogens (tertiary/aromatic N) is 1. The van der Waals surface area contributed by atoms with E-state index in [1.165, 1.54) is 5.56 Å². The van der Waals surface area contributed by atoms with Crippen LogP contribution in [0.15, 0.2) is 18.3 Å². The summed E-state index contributed by atoms with van der Waals surface area (Å²) in [5.74, 6) is 0.557. The van der Waals surface area contributed by atoms with Gasteiger partial charge in [-0.3, -0.25) is 0 Å². The fourth-order valence-electron chi connectivity index (χ4n) is 1.41. The number of aryl methyl sites for hydroxylation is 1. The van der Waals surface area contributed by atoms with Crippen molar-refractivity contribution in [2.24, 2.45) is 0 Å². The first-order valence-corrected chi connectivity index (χ1v) is 5.30. The number of cyclic esters (lactones) is 1. The normalized spacial score (nSPS) is 19.8. The van der Waals surface area contributed by atoms with Gasteiger partial charge in [0, 0.05) is 12.3 Å². The predicted octanol–water partition coefficient (Wildman–Crippen LogP) is 1.13. The Morgan fingerprint density at radius 3 is 3.06 bits per heavy atom. The number of hydrogen-bond acceptors (Lipinski definition) is 4. The van der Waals surface area contributed by atoms with Gasteiger partial charge < -0.3 is 14.8 Å².